The van der Waals surface area contributed by atoms with Gasteiger partial charge in [0, 0.05) is 15.6 Å². The maximum Gasteiger partial charge on any atom is 0.258 e. The van der Waals surface area contributed by atoms with Gasteiger partial charge in [0.05, 0.1) is 5.69 Å². The zero-order valence-corrected chi connectivity index (χ0v) is 12.1. The lowest BCUT2D eigenvalue weighted by molar-refractivity contribution is 0.432. The SMILES string of the molecule is Nc1ccc(-c2nc(-c3cc(F)ccc3Br)no2)cc1F. The summed E-state index contributed by atoms with van der Waals surface area (Å²) >= 11 is 3.29. The Morgan fingerprint density at radius 2 is 1.90 bits per heavy atom. The second kappa shape index (κ2) is 5.25. The van der Waals surface area contributed by atoms with Crippen LogP contribution in [0.3, 0.4) is 0 Å². The van der Waals surface area contributed by atoms with Crippen LogP contribution in [0.25, 0.3) is 22.8 Å². The lowest BCUT2D eigenvalue weighted by Gasteiger charge is -1.99. The fourth-order valence-corrected chi connectivity index (χ4v) is 2.20. The maximum atomic E-state index is 13.4. The first-order chi connectivity index (χ1) is 10.0. The van der Waals surface area contributed by atoms with Gasteiger partial charge >= 0.3 is 0 Å². The molecule has 106 valence electrons. The minimum atomic E-state index is -0.570. The predicted molar refractivity (Wildman–Crippen MR) is 77.2 cm³/mol. The van der Waals surface area contributed by atoms with E-state index in [4.69, 9.17) is 10.3 Å². The third-order valence-electron chi connectivity index (χ3n) is 2.84. The van der Waals surface area contributed by atoms with Gasteiger partial charge in [-0.05, 0) is 36.4 Å². The average Bonchev–Trinajstić information content (AvgIpc) is 2.94. The van der Waals surface area contributed by atoms with E-state index >= 15 is 0 Å². The van der Waals surface area contributed by atoms with Crippen LogP contribution in [0, 0.1) is 11.6 Å². The van der Waals surface area contributed by atoms with Crippen molar-refractivity contribution in [1.29, 1.82) is 0 Å². The fourth-order valence-electron chi connectivity index (χ4n) is 1.78. The zero-order valence-electron chi connectivity index (χ0n) is 10.5. The molecule has 1 aromatic heterocycles. The van der Waals surface area contributed by atoms with E-state index in [0.29, 0.717) is 15.6 Å². The molecular weight excluding hydrogens is 344 g/mol. The van der Waals surface area contributed by atoms with Gasteiger partial charge < -0.3 is 10.3 Å². The van der Waals surface area contributed by atoms with Gasteiger partial charge in [0.25, 0.3) is 5.89 Å². The minimum absolute atomic E-state index is 0.0337. The van der Waals surface area contributed by atoms with Gasteiger partial charge in [-0.15, -0.1) is 0 Å². The van der Waals surface area contributed by atoms with E-state index < -0.39 is 11.6 Å². The number of nitrogens with zero attached hydrogens (tertiary/aromatic N) is 2. The first kappa shape index (κ1) is 13.7. The lowest BCUT2D eigenvalue weighted by Crippen LogP contribution is -1.90. The summed E-state index contributed by atoms with van der Waals surface area (Å²) in [6, 6.07) is 8.31. The van der Waals surface area contributed by atoms with Crippen LogP contribution in [-0.4, -0.2) is 10.1 Å². The van der Waals surface area contributed by atoms with Gasteiger partial charge in [-0.1, -0.05) is 21.1 Å². The molecule has 0 unspecified atom stereocenters. The molecule has 0 bridgehead atoms. The summed E-state index contributed by atoms with van der Waals surface area (Å²) in [5.74, 6) is -0.661. The van der Waals surface area contributed by atoms with Crippen molar-refractivity contribution in [3.8, 4) is 22.8 Å². The molecule has 4 nitrogen and oxygen atoms in total. The summed E-state index contributed by atoms with van der Waals surface area (Å²) < 4.78 is 32.4. The third-order valence-corrected chi connectivity index (χ3v) is 3.53. The molecular formula is C14H8BrF2N3O. The molecule has 21 heavy (non-hydrogen) atoms. The Hall–Kier alpha value is -2.28. The summed E-state index contributed by atoms with van der Waals surface area (Å²) in [5, 5.41) is 3.78. The number of benzene rings is 2. The third kappa shape index (κ3) is 2.64. The molecule has 2 N–H and O–H groups in total. The van der Waals surface area contributed by atoms with Crippen LogP contribution in [-0.2, 0) is 0 Å². The van der Waals surface area contributed by atoms with Crippen LogP contribution in [0.2, 0.25) is 0 Å². The van der Waals surface area contributed by atoms with Crippen molar-refractivity contribution in [2.24, 2.45) is 0 Å². The summed E-state index contributed by atoms with van der Waals surface area (Å²) in [4.78, 5) is 4.14. The smallest absolute Gasteiger partial charge is 0.258 e. The summed E-state index contributed by atoms with van der Waals surface area (Å²) in [6.07, 6.45) is 0. The molecule has 3 rings (SSSR count). The van der Waals surface area contributed by atoms with Crippen LogP contribution in [0.15, 0.2) is 45.4 Å². The Labute approximate surface area is 126 Å². The van der Waals surface area contributed by atoms with Crippen molar-refractivity contribution in [2.75, 3.05) is 5.73 Å². The molecule has 0 aliphatic rings. The number of nitrogens with two attached hydrogens (primary N) is 1. The van der Waals surface area contributed by atoms with Gasteiger partial charge in [-0.25, -0.2) is 8.78 Å². The van der Waals surface area contributed by atoms with Crippen molar-refractivity contribution in [1.82, 2.24) is 10.1 Å². The number of hydrogen-bond donors (Lipinski definition) is 1. The van der Waals surface area contributed by atoms with E-state index in [0.717, 1.165) is 0 Å². The molecule has 3 aromatic rings. The number of hydrogen-bond acceptors (Lipinski definition) is 4. The number of rotatable bonds is 2. The Morgan fingerprint density at radius 3 is 2.67 bits per heavy atom. The second-order valence-electron chi connectivity index (χ2n) is 4.28. The summed E-state index contributed by atoms with van der Waals surface area (Å²) in [7, 11) is 0. The van der Waals surface area contributed by atoms with Crippen molar-refractivity contribution in [2.45, 2.75) is 0 Å². The van der Waals surface area contributed by atoms with Gasteiger partial charge in [-0.3, -0.25) is 0 Å². The Kier molecular flexibility index (Phi) is 3.42. The van der Waals surface area contributed by atoms with Gasteiger partial charge in [0.2, 0.25) is 5.82 Å². The highest BCUT2D eigenvalue weighted by molar-refractivity contribution is 9.10. The molecule has 7 heteroatoms. The quantitative estimate of drug-likeness (QED) is 0.708. The average molecular weight is 352 g/mol. The van der Waals surface area contributed by atoms with E-state index in [2.05, 4.69) is 26.1 Å². The highest BCUT2D eigenvalue weighted by Crippen LogP contribution is 2.29. The number of halogens is 3. The van der Waals surface area contributed by atoms with Crippen LogP contribution >= 0.6 is 15.9 Å². The Morgan fingerprint density at radius 1 is 1.10 bits per heavy atom. The van der Waals surface area contributed by atoms with Crippen LogP contribution in [0.4, 0.5) is 14.5 Å². The van der Waals surface area contributed by atoms with E-state index in [1.807, 2.05) is 0 Å². The molecule has 0 aliphatic carbocycles. The topological polar surface area (TPSA) is 64.9 Å². The lowest BCUT2D eigenvalue weighted by atomic mass is 10.2. The van der Waals surface area contributed by atoms with E-state index in [-0.39, 0.29) is 17.4 Å². The van der Waals surface area contributed by atoms with E-state index in [1.54, 1.807) is 12.1 Å². The molecule has 2 aromatic carbocycles. The number of nitrogen functional groups attached to an aromatic ring is 1. The first-order valence-corrected chi connectivity index (χ1v) is 6.68. The number of anilines is 1. The van der Waals surface area contributed by atoms with Gasteiger partial charge in [-0.2, -0.15) is 4.98 Å². The largest absolute Gasteiger partial charge is 0.396 e. The van der Waals surface area contributed by atoms with Crippen LogP contribution < -0.4 is 5.73 Å². The molecule has 0 saturated heterocycles. The van der Waals surface area contributed by atoms with Crippen LogP contribution in [0.1, 0.15) is 0 Å². The number of aromatic nitrogens is 2. The molecule has 0 aliphatic heterocycles. The zero-order chi connectivity index (χ0) is 15.0. The Balaban J connectivity index is 2.03. The highest BCUT2D eigenvalue weighted by Gasteiger charge is 2.14. The van der Waals surface area contributed by atoms with E-state index in [1.165, 1.54) is 24.3 Å². The van der Waals surface area contributed by atoms with Crippen molar-refractivity contribution >= 4 is 21.6 Å². The van der Waals surface area contributed by atoms with Crippen molar-refractivity contribution < 1.29 is 13.3 Å². The second-order valence-corrected chi connectivity index (χ2v) is 5.14. The monoisotopic (exact) mass is 351 g/mol. The molecule has 0 saturated carbocycles. The predicted octanol–water partition coefficient (Wildman–Crippen LogP) is 4.03. The highest BCUT2D eigenvalue weighted by atomic mass is 79.9. The normalized spacial score (nSPS) is 10.8. The van der Waals surface area contributed by atoms with E-state index in [9.17, 15) is 8.78 Å². The molecule has 0 spiro atoms. The standard InChI is InChI=1S/C14H8BrF2N3O/c15-10-3-2-8(16)6-9(10)13-19-14(21-20-13)7-1-4-12(18)11(17)5-7/h1-6H,18H2. The summed E-state index contributed by atoms with van der Waals surface area (Å²) in [5.41, 5.74) is 6.29. The molecule has 0 radical (unpaired) electrons. The molecule has 0 amide bonds. The van der Waals surface area contributed by atoms with Gasteiger partial charge in [0.1, 0.15) is 11.6 Å². The van der Waals surface area contributed by atoms with Crippen molar-refractivity contribution in [3.63, 3.8) is 0 Å². The summed E-state index contributed by atoms with van der Waals surface area (Å²) in [6.45, 7) is 0. The maximum absolute atomic E-state index is 13.4. The van der Waals surface area contributed by atoms with Gasteiger partial charge in [0.15, 0.2) is 0 Å². The Bertz CT molecular complexity index is 820. The first-order valence-electron chi connectivity index (χ1n) is 5.89. The van der Waals surface area contributed by atoms with Crippen LogP contribution in [0.5, 0.6) is 0 Å². The van der Waals surface area contributed by atoms with Crippen molar-refractivity contribution in [3.05, 3.63) is 52.5 Å². The minimum Gasteiger partial charge on any atom is -0.396 e. The fraction of sp³-hybridized carbons (Fsp3) is 0. The molecule has 0 atom stereocenters. The molecule has 0 fully saturated rings. The molecule has 1 heterocycles.